The molecule has 9 heterocycles. The second-order valence-corrected chi connectivity index (χ2v) is 23.0. The van der Waals surface area contributed by atoms with Crippen molar-refractivity contribution >= 4 is 23.6 Å². The van der Waals surface area contributed by atoms with Gasteiger partial charge in [-0.2, -0.15) is 24.3 Å². The van der Waals surface area contributed by atoms with Crippen LogP contribution in [-0.4, -0.2) is 249 Å². The van der Waals surface area contributed by atoms with Crippen LogP contribution >= 0.6 is 0 Å². The van der Waals surface area contributed by atoms with E-state index in [1.54, 1.807) is 43.9 Å². The highest BCUT2D eigenvalue weighted by Gasteiger charge is 2.23. The molecule has 4 atom stereocenters. The van der Waals surface area contributed by atoms with E-state index < -0.39 is 112 Å². The molecule has 4 amide bonds. The topological polar surface area (TPSA) is 598 Å². The summed E-state index contributed by atoms with van der Waals surface area (Å²) in [5, 5.41) is 94.6. The lowest BCUT2D eigenvalue weighted by Crippen LogP contribution is -2.44. The summed E-state index contributed by atoms with van der Waals surface area (Å²) in [6, 6.07) is 1.76. The average Bonchev–Trinajstić information content (AvgIpc) is 0.857. The van der Waals surface area contributed by atoms with Gasteiger partial charge in [0.25, 0.3) is 52.3 Å². The van der Waals surface area contributed by atoms with Crippen molar-refractivity contribution in [2.45, 2.75) is 124 Å². The molecule has 0 saturated heterocycles. The van der Waals surface area contributed by atoms with Crippen molar-refractivity contribution < 1.29 is 57.9 Å². The van der Waals surface area contributed by atoms with E-state index in [2.05, 4.69) is 77.4 Å². The number of methoxy groups -OCH3 is 2. The number of nitrogens with one attached hydrogen (secondary N) is 3. The maximum Gasteiger partial charge on any atom is 0.331 e. The minimum Gasteiger partial charge on any atom is -0.391 e. The summed E-state index contributed by atoms with van der Waals surface area (Å²) in [5.41, 5.74) is -1.67. The zero-order valence-electron chi connectivity index (χ0n) is 58.5. The highest BCUT2D eigenvalue weighted by Crippen LogP contribution is 2.02. The van der Waals surface area contributed by atoms with E-state index in [4.69, 9.17) is 15.2 Å². The number of nitrogens with two attached hydrogens (primary N) is 1. The Hall–Kier alpha value is -12.3. The molecule has 0 aliphatic heterocycles. The number of hydrogen-bond donors (Lipinski definition) is 8. The minimum atomic E-state index is -2.78. The van der Waals surface area contributed by atoms with Gasteiger partial charge in [0.15, 0.2) is 23.3 Å². The average molecular weight is 1500 g/mol. The Bertz CT molecular complexity index is 4970. The molecule has 9 rings (SSSR count). The summed E-state index contributed by atoms with van der Waals surface area (Å²) in [5.74, 6) is -2.49. The first-order chi connectivity index (χ1) is 50.2. The lowest BCUT2D eigenvalue weighted by molar-refractivity contribution is 0.0887. The number of ether oxygens (including phenoxy) is 2. The standard InChI is InChI=1S/C16H21N9O4.C14H21N7O5.C13H17F2N7O4.C13H19N7O5/c1-11(26)8-25-20-13(19-21-25)10-23-9-12(15(28)22(2)16(23)29)14(27)17-5-7-24-6-3-4-18-24;1-9(22)6-21-17-11(16-18-21)8-20-7-10(12(23)15-4-5-26-3)13(24)19(2)14(20)25;1-7(23)4-22-18-10(17-19-22)6-21-5-8(11(24)16-3-9(14)15)12(25)20(2)13(21)26;1-8(21)5-20-16-10(15-17-20)7-18-6-9(11(14)22)12(23)19(13(18)24)3-4-25-2/h3-4,6,9,11,26H,5,7-8,10H2,1-2H3,(H,17,27);7,9,22H,4-6,8H2,1-3H3,(H,15,23);5,7,9,23H,3-4,6H2,1-2H3,(H,16,24);6,8,21H,3-5,7H2,1-2H3,(H2,14,22)/t11-;9-;7-;8-/m1111/s1. The number of aliphatic hydroxyl groups is 4. The number of carbonyl (C=O) groups is 4. The number of primary amides is 1. The maximum atomic E-state index is 12.5. The smallest absolute Gasteiger partial charge is 0.331 e. The molecule has 0 aromatic carbocycles. The highest BCUT2D eigenvalue weighted by molar-refractivity contribution is 5.94. The summed E-state index contributed by atoms with van der Waals surface area (Å²) in [6.45, 7) is 6.70. The van der Waals surface area contributed by atoms with Crippen LogP contribution in [-0.2, 0) is 96.1 Å². The molecule has 50 heteroatoms. The van der Waals surface area contributed by atoms with Gasteiger partial charge in [-0.15, -0.1) is 40.8 Å². The summed E-state index contributed by atoms with van der Waals surface area (Å²) in [6.07, 6.45) is 2.31. The predicted molar refractivity (Wildman–Crippen MR) is 355 cm³/mol. The number of carbonyl (C=O) groups excluding carboxylic acids is 4. The molecule has 9 N–H and O–H groups in total. The van der Waals surface area contributed by atoms with Crippen molar-refractivity contribution in [2.24, 2.45) is 26.9 Å². The Balaban J connectivity index is 0.000000222. The summed E-state index contributed by atoms with van der Waals surface area (Å²) >= 11 is 0. The first-order valence-electron chi connectivity index (χ1n) is 31.6. The summed E-state index contributed by atoms with van der Waals surface area (Å²) < 4.78 is 43.4. The van der Waals surface area contributed by atoms with Gasteiger partial charge in [0, 0.05) is 85.6 Å². The second kappa shape index (κ2) is 38.8. The molecule has 0 aliphatic rings. The van der Waals surface area contributed by atoms with Crippen LogP contribution in [0.4, 0.5) is 8.78 Å². The molecule has 9 aromatic rings. The number of alkyl halides is 2. The third-order valence-electron chi connectivity index (χ3n) is 13.9. The van der Waals surface area contributed by atoms with Crippen LogP contribution in [0.5, 0.6) is 0 Å². The van der Waals surface area contributed by atoms with Crippen molar-refractivity contribution in [1.29, 1.82) is 0 Å². The number of rotatable bonds is 31. The quantitative estimate of drug-likeness (QED) is 0.0187. The van der Waals surface area contributed by atoms with Gasteiger partial charge >= 0.3 is 22.8 Å². The van der Waals surface area contributed by atoms with E-state index in [1.165, 1.54) is 62.0 Å². The molecule has 574 valence electrons. The van der Waals surface area contributed by atoms with Gasteiger partial charge in [-0.3, -0.25) is 79.6 Å². The lowest BCUT2D eigenvalue weighted by atomic mass is 10.3. The second-order valence-electron chi connectivity index (χ2n) is 23.0. The van der Waals surface area contributed by atoms with E-state index in [0.717, 1.165) is 56.2 Å². The fourth-order valence-electron chi connectivity index (χ4n) is 8.96. The van der Waals surface area contributed by atoms with Gasteiger partial charge in [-0.25, -0.2) is 28.0 Å². The van der Waals surface area contributed by atoms with Gasteiger partial charge in [-0.05, 0) is 54.6 Å². The van der Waals surface area contributed by atoms with Crippen LogP contribution in [0.3, 0.4) is 0 Å². The first-order valence-corrected chi connectivity index (χ1v) is 31.6. The zero-order valence-corrected chi connectivity index (χ0v) is 58.5. The Morgan fingerprint density at radius 2 is 0.821 bits per heavy atom. The van der Waals surface area contributed by atoms with Crippen LogP contribution in [0.1, 0.15) is 92.4 Å². The monoisotopic (exact) mass is 1500 g/mol. The third kappa shape index (κ3) is 23.6. The molecule has 0 aliphatic carbocycles. The van der Waals surface area contributed by atoms with Crippen LogP contribution in [0.2, 0.25) is 0 Å². The van der Waals surface area contributed by atoms with Crippen LogP contribution in [0.15, 0.2) is 81.6 Å². The van der Waals surface area contributed by atoms with Gasteiger partial charge < -0.3 is 51.6 Å². The Kier molecular flexibility index (Phi) is 30.3. The fraction of sp³-hybridized carbons (Fsp3) is 0.518. The van der Waals surface area contributed by atoms with Crippen LogP contribution in [0.25, 0.3) is 0 Å². The van der Waals surface area contributed by atoms with Crippen molar-refractivity contribution in [3.63, 3.8) is 0 Å². The molecule has 106 heavy (non-hydrogen) atoms. The molecule has 48 nitrogen and oxygen atoms in total. The number of tetrazole rings is 4. The van der Waals surface area contributed by atoms with Gasteiger partial charge in [0.1, 0.15) is 22.3 Å². The molecule has 0 unspecified atom stereocenters. The van der Waals surface area contributed by atoms with Crippen molar-refractivity contribution in [3.8, 4) is 0 Å². The summed E-state index contributed by atoms with van der Waals surface area (Å²) in [4.78, 5) is 151. The molecule has 0 spiro atoms. The van der Waals surface area contributed by atoms with E-state index in [0.29, 0.717) is 17.7 Å². The first kappa shape index (κ1) is 82.7. The molecule has 9 aromatic heterocycles. The molecule has 0 bridgehead atoms. The van der Waals surface area contributed by atoms with Gasteiger partial charge in [0.05, 0.1) is 110 Å². The number of amides is 4. The molecular formula is C56H78F2N30O18. The third-order valence-corrected chi connectivity index (χ3v) is 13.9. The maximum absolute atomic E-state index is 12.5. The molecule has 0 fully saturated rings. The minimum absolute atomic E-state index is 0.0303. The Labute approximate surface area is 593 Å². The van der Waals surface area contributed by atoms with Crippen LogP contribution < -0.4 is 66.7 Å². The number of aromatic nitrogens is 26. The number of hydrogen-bond acceptors (Lipinski definition) is 31. The lowest BCUT2D eigenvalue weighted by Gasteiger charge is -2.10. The largest absolute Gasteiger partial charge is 0.391 e. The normalized spacial score (nSPS) is 12.2. The van der Waals surface area contributed by atoms with E-state index in [1.807, 2.05) is 5.32 Å². The van der Waals surface area contributed by atoms with Crippen molar-refractivity contribution in [3.05, 3.63) is 172 Å². The van der Waals surface area contributed by atoms with E-state index in [9.17, 15) is 86.7 Å². The molecule has 0 saturated carbocycles. The van der Waals surface area contributed by atoms with Crippen molar-refractivity contribution in [2.75, 3.05) is 47.1 Å². The summed E-state index contributed by atoms with van der Waals surface area (Å²) in [7, 11) is 6.64. The van der Waals surface area contributed by atoms with E-state index >= 15 is 0 Å². The number of halogens is 2. The predicted octanol–water partition coefficient (Wildman–Crippen LogP) is -9.94. The Morgan fingerprint density at radius 1 is 0.481 bits per heavy atom. The number of nitrogens with zero attached hydrogens (tertiary/aromatic N) is 26. The zero-order chi connectivity index (χ0) is 78.2. The SMILES string of the molecule is COCCNC(=O)c1cn(Cc2nnn(C[C@@H](C)O)n2)c(=O)n(C)c1=O.COCCn1c(=O)c(C(N)=O)cn(Cc2nnn(C[C@@H](C)O)n2)c1=O.C[C@@H](O)Cn1nnc(Cn2cc(C(=O)NCC(F)F)c(=O)n(C)c2=O)n1.C[C@@H](O)Cn1nnc(Cn2cc(C(=O)NCCn3cccn3)c(=O)n(C)c2=O)n1. The molecule has 0 radical (unpaired) electrons. The fourth-order valence-corrected chi connectivity index (χ4v) is 8.96. The van der Waals surface area contributed by atoms with Crippen molar-refractivity contribution in [1.82, 2.24) is 143 Å². The van der Waals surface area contributed by atoms with Gasteiger partial charge in [-0.1, -0.05) is 0 Å². The molecular weight excluding hydrogens is 1420 g/mol. The van der Waals surface area contributed by atoms with Gasteiger partial charge in [0.2, 0.25) is 0 Å². The highest BCUT2D eigenvalue weighted by atomic mass is 19.3. The Morgan fingerprint density at radius 3 is 1.14 bits per heavy atom. The van der Waals surface area contributed by atoms with Crippen LogP contribution in [0, 0.1) is 0 Å². The number of aliphatic hydroxyl groups excluding tert-OH is 4. The van der Waals surface area contributed by atoms with E-state index in [-0.39, 0.29) is 119 Å².